The van der Waals surface area contributed by atoms with Crippen molar-refractivity contribution < 1.29 is 0 Å². The average Bonchev–Trinajstić information content (AvgIpc) is 2.90. The van der Waals surface area contributed by atoms with Crippen LogP contribution in [0.4, 0.5) is 5.69 Å². The van der Waals surface area contributed by atoms with Crippen molar-refractivity contribution in [3.05, 3.63) is 59.8 Å². The van der Waals surface area contributed by atoms with Gasteiger partial charge in [0, 0.05) is 16.3 Å². The lowest BCUT2D eigenvalue weighted by Crippen LogP contribution is -1.85. The molecule has 1 aromatic heterocycles. The highest BCUT2D eigenvalue weighted by Gasteiger charge is 2.05. The molecule has 0 spiro atoms. The van der Waals surface area contributed by atoms with Crippen LogP contribution in [0.3, 0.4) is 0 Å². The van der Waals surface area contributed by atoms with Crippen LogP contribution in [0.25, 0.3) is 22.6 Å². The van der Waals surface area contributed by atoms with Gasteiger partial charge in [0.05, 0.1) is 11.9 Å². The van der Waals surface area contributed by atoms with E-state index in [0.29, 0.717) is 0 Å². The van der Waals surface area contributed by atoms with Gasteiger partial charge < -0.3 is 10.7 Å². The maximum Gasteiger partial charge on any atom is 0.137 e. The largest absolute Gasteiger partial charge is 0.399 e. The first-order valence-electron chi connectivity index (χ1n) is 5.89. The fraction of sp³-hybridized carbons (Fsp3) is 0. The van der Waals surface area contributed by atoms with E-state index in [1.165, 1.54) is 0 Å². The molecule has 0 radical (unpaired) electrons. The van der Waals surface area contributed by atoms with E-state index in [0.717, 1.165) is 33.4 Å². The maximum absolute atomic E-state index is 5.88. The number of rotatable bonds is 2. The van der Waals surface area contributed by atoms with Gasteiger partial charge in [0.15, 0.2) is 0 Å². The van der Waals surface area contributed by atoms with Crippen LogP contribution in [0.5, 0.6) is 0 Å². The van der Waals surface area contributed by atoms with E-state index in [-0.39, 0.29) is 0 Å². The minimum Gasteiger partial charge on any atom is -0.399 e. The Balaban J connectivity index is 1.95. The minimum absolute atomic E-state index is 0.724. The molecule has 0 aliphatic rings. The number of nitrogens with zero attached hydrogens (tertiary/aromatic N) is 1. The zero-order valence-corrected chi connectivity index (χ0v) is 10.9. The van der Waals surface area contributed by atoms with Gasteiger partial charge in [-0.15, -0.1) is 0 Å². The summed E-state index contributed by atoms with van der Waals surface area (Å²) in [4.78, 5) is 7.68. The maximum atomic E-state index is 5.88. The van der Waals surface area contributed by atoms with Gasteiger partial charge in [-0.1, -0.05) is 23.7 Å². The molecule has 1 heterocycles. The number of halogens is 1. The predicted octanol–water partition coefficient (Wildman–Crippen LogP) is 3.98. The van der Waals surface area contributed by atoms with Gasteiger partial charge >= 0.3 is 0 Å². The van der Waals surface area contributed by atoms with E-state index in [1.807, 2.05) is 54.7 Å². The van der Waals surface area contributed by atoms with Crippen LogP contribution in [0.1, 0.15) is 0 Å². The summed E-state index contributed by atoms with van der Waals surface area (Å²) < 4.78 is 0. The molecule has 0 aliphatic carbocycles. The second-order valence-corrected chi connectivity index (χ2v) is 4.71. The summed E-state index contributed by atoms with van der Waals surface area (Å²) in [5, 5.41) is 0.724. The molecule has 2 aromatic carbocycles. The SMILES string of the molecule is Nc1ccc(-c2ncc(-c3ccc(Cl)cc3)[nH]2)cc1. The number of nitrogens with one attached hydrogen (secondary N) is 1. The van der Waals surface area contributed by atoms with Gasteiger partial charge in [-0.25, -0.2) is 4.98 Å². The van der Waals surface area contributed by atoms with Gasteiger partial charge in [-0.3, -0.25) is 0 Å². The molecule has 0 fully saturated rings. The molecule has 0 saturated heterocycles. The zero-order valence-electron chi connectivity index (χ0n) is 10.1. The van der Waals surface area contributed by atoms with Crippen LogP contribution < -0.4 is 5.73 Å². The van der Waals surface area contributed by atoms with Crippen LogP contribution in [0, 0.1) is 0 Å². The monoisotopic (exact) mass is 269 g/mol. The molecular formula is C15H12ClN3. The highest BCUT2D eigenvalue weighted by atomic mass is 35.5. The Morgan fingerprint density at radius 2 is 1.53 bits per heavy atom. The van der Waals surface area contributed by atoms with Crippen molar-refractivity contribution in [2.75, 3.05) is 5.73 Å². The number of benzene rings is 2. The van der Waals surface area contributed by atoms with Crippen molar-refractivity contribution in [2.24, 2.45) is 0 Å². The molecule has 0 bridgehead atoms. The number of hydrogen-bond donors (Lipinski definition) is 2. The summed E-state index contributed by atoms with van der Waals surface area (Å²) in [6, 6.07) is 15.3. The number of anilines is 1. The molecule has 19 heavy (non-hydrogen) atoms. The van der Waals surface area contributed by atoms with Crippen molar-refractivity contribution in [1.29, 1.82) is 0 Å². The smallest absolute Gasteiger partial charge is 0.137 e. The van der Waals surface area contributed by atoms with Gasteiger partial charge in [0.1, 0.15) is 5.82 Å². The summed E-state index contributed by atoms with van der Waals surface area (Å²) in [6.45, 7) is 0. The third-order valence-electron chi connectivity index (χ3n) is 2.92. The average molecular weight is 270 g/mol. The third kappa shape index (κ3) is 2.46. The molecule has 3 N–H and O–H groups in total. The Labute approximate surface area is 116 Å². The van der Waals surface area contributed by atoms with Crippen molar-refractivity contribution in [3.8, 4) is 22.6 Å². The van der Waals surface area contributed by atoms with Crippen molar-refractivity contribution >= 4 is 17.3 Å². The Morgan fingerprint density at radius 1 is 0.895 bits per heavy atom. The molecule has 0 amide bonds. The van der Waals surface area contributed by atoms with E-state index >= 15 is 0 Å². The van der Waals surface area contributed by atoms with Crippen molar-refractivity contribution in [1.82, 2.24) is 9.97 Å². The molecule has 0 unspecified atom stereocenters. The summed E-state index contributed by atoms with van der Waals surface area (Å²) in [7, 11) is 0. The number of nitrogen functional groups attached to an aromatic ring is 1. The molecule has 0 aliphatic heterocycles. The Kier molecular flexibility index (Phi) is 2.97. The normalized spacial score (nSPS) is 10.6. The fourth-order valence-electron chi connectivity index (χ4n) is 1.89. The first-order chi connectivity index (χ1) is 9.22. The van der Waals surface area contributed by atoms with Crippen molar-refractivity contribution in [2.45, 2.75) is 0 Å². The highest BCUT2D eigenvalue weighted by molar-refractivity contribution is 6.30. The Bertz CT molecular complexity index is 624. The molecule has 0 atom stereocenters. The van der Waals surface area contributed by atoms with Gasteiger partial charge in [0.25, 0.3) is 0 Å². The number of H-pyrrole nitrogens is 1. The number of hydrogen-bond acceptors (Lipinski definition) is 2. The van der Waals surface area contributed by atoms with Crippen LogP contribution >= 0.6 is 11.6 Å². The fourth-order valence-corrected chi connectivity index (χ4v) is 2.01. The highest BCUT2D eigenvalue weighted by Crippen LogP contribution is 2.23. The summed E-state index contributed by atoms with van der Waals surface area (Å²) >= 11 is 5.88. The number of aromatic amines is 1. The lowest BCUT2D eigenvalue weighted by molar-refractivity contribution is 1.31. The van der Waals surface area contributed by atoms with Crippen LogP contribution in [0.15, 0.2) is 54.7 Å². The summed E-state index contributed by atoms with van der Waals surface area (Å²) in [6.07, 6.45) is 1.81. The first-order valence-corrected chi connectivity index (χ1v) is 6.27. The van der Waals surface area contributed by atoms with Crippen LogP contribution in [-0.4, -0.2) is 9.97 Å². The summed E-state index contributed by atoms with van der Waals surface area (Å²) in [5.41, 5.74) is 9.44. The number of nitrogens with two attached hydrogens (primary N) is 1. The van der Waals surface area contributed by atoms with Gasteiger partial charge in [0.2, 0.25) is 0 Å². The van der Waals surface area contributed by atoms with E-state index in [1.54, 1.807) is 0 Å². The number of imidazole rings is 1. The zero-order chi connectivity index (χ0) is 13.2. The van der Waals surface area contributed by atoms with Crippen molar-refractivity contribution in [3.63, 3.8) is 0 Å². The van der Waals surface area contributed by atoms with Gasteiger partial charge in [-0.2, -0.15) is 0 Å². The lowest BCUT2D eigenvalue weighted by atomic mass is 10.2. The topological polar surface area (TPSA) is 54.7 Å². The second kappa shape index (κ2) is 4.78. The van der Waals surface area contributed by atoms with E-state index < -0.39 is 0 Å². The molecular weight excluding hydrogens is 258 g/mol. The lowest BCUT2D eigenvalue weighted by Gasteiger charge is -1.99. The standard InChI is InChI=1S/C15H12ClN3/c16-12-5-1-10(2-6-12)14-9-18-15(19-14)11-3-7-13(17)8-4-11/h1-9H,17H2,(H,18,19). The molecule has 4 heteroatoms. The van der Waals surface area contributed by atoms with E-state index in [2.05, 4.69) is 9.97 Å². The summed E-state index contributed by atoms with van der Waals surface area (Å²) in [5.74, 6) is 0.824. The Hall–Kier alpha value is -2.26. The first kappa shape index (κ1) is 11.8. The predicted molar refractivity (Wildman–Crippen MR) is 78.9 cm³/mol. The van der Waals surface area contributed by atoms with Crippen LogP contribution in [0.2, 0.25) is 5.02 Å². The molecule has 0 saturated carbocycles. The minimum atomic E-state index is 0.724. The van der Waals surface area contributed by atoms with Gasteiger partial charge in [-0.05, 0) is 42.0 Å². The van der Waals surface area contributed by atoms with Crippen LogP contribution in [-0.2, 0) is 0 Å². The second-order valence-electron chi connectivity index (χ2n) is 4.27. The molecule has 3 rings (SSSR count). The molecule has 3 aromatic rings. The molecule has 94 valence electrons. The van der Waals surface area contributed by atoms with E-state index in [4.69, 9.17) is 17.3 Å². The Morgan fingerprint density at radius 3 is 2.21 bits per heavy atom. The quantitative estimate of drug-likeness (QED) is 0.692. The molecule has 3 nitrogen and oxygen atoms in total. The van der Waals surface area contributed by atoms with E-state index in [9.17, 15) is 0 Å². The number of aromatic nitrogens is 2. The third-order valence-corrected chi connectivity index (χ3v) is 3.17.